The van der Waals surface area contributed by atoms with Crippen molar-refractivity contribution in [2.24, 2.45) is 0 Å². The van der Waals surface area contributed by atoms with E-state index in [0.29, 0.717) is 5.58 Å². The smallest absolute Gasteiger partial charge is 0.215 e. The second-order valence-corrected chi connectivity index (χ2v) is 21.6. The van der Waals surface area contributed by atoms with Gasteiger partial charge in [0.25, 0.3) is 0 Å². The lowest BCUT2D eigenvalue weighted by atomic mass is 9.92. The molecule has 18 rings (SSSR count). The predicted octanol–water partition coefficient (Wildman–Crippen LogP) is 19.4. The number of nitrogens with zero attached hydrogens (tertiary/aromatic N) is 6. The Labute approximate surface area is 460 Å². The lowest BCUT2D eigenvalue weighted by molar-refractivity contribution is 0.642. The first kappa shape index (κ1) is 44.6. The highest BCUT2D eigenvalue weighted by molar-refractivity contribution is 7.25. The van der Waals surface area contributed by atoms with Crippen molar-refractivity contribution < 1.29 is 4.42 Å². The van der Waals surface area contributed by atoms with Crippen molar-refractivity contribution in [3.8, 4) is 33.6 Å². The molecule has 0 fully saturated rings. The molecular formula is C72H42N6OS. The minimum absolute atomic E-state index is 0.691. The molecule has 372 valence electrons. The first-order chi connectivity index (χ1) is 39.7. The number of benzene rings is 12. The number of fused-ring (bicyclic) bond motifs is 22. The summed E-state index contributed by atoms with van der Waals surface area (Å²) in [5.74, 6) is 0. The molecule has 18 aromatic rings. The Hall–Kier alpha value is -10.5. The largest absolute Gasteiger partial charge is 0.436 e. The summed E-state index contributed by atoms with van der Waals surface area (Å²) in [6, 6.07) is 83.3. The first-order valence-electron chi connectivity index (χ1n) is 26.8. The third kappa shape index (κ3) is 6.66. The molecule has 80 heavy (non-hydrogen) atoms. The van der Waals surface area contributed by atoms with E-state index in [-0.39, 0.29) is 0 Å². The maximum Gasteiger partial charge on any atom is 0.215 e. The number of aromatic nitrogens is 6. The van der Waals surface area contributed by atoms with Crippen LogP contribution in [0.4, 0.5) is 0 Å². The van der Waals surface area contributed by atoms with E-state index in [1.54, 1.807) is 30.2 Å². The lowest BCUT2D eigenvalue weighted by Crippen LogP contribution is -1.93. The summed E-state index contributed by atoms with van der Waals surface area (Å²) < 4.78 is 12.0. The Morgan fingerprint density at radius 1 is 0.325 bits per heavy atom. The van der Waals surface area contributed by atoms with Gasteiger partial charge in [0.15, 0.2) is 5.58 Å². The zero-order chi connectivity index (χ0) is 52.4. The van der Waals surface area contributed by atoms with Gasteiger partial charge in [-0.1, -0.05) is 182 Å². The maximum atomic E-state index is 6.35. The van der Waals surface area contributed by atoms with Crippen LogP contribution in [0.1, 0.15) is 0 Å². The van der Waals surface area contributed by atoms with Gasteiger partial charge in [-0.15, -0.1) is 11.3 Å². The average Bonchev–Trinajstić information content (AvgIpc) is 4.30. The van der Waals surface area contributed by atoms with E-state index in [2.05, 4.69) is 260 Å². The fourth-order valence-corrected chi connectivity index (χ4v) is 14.0. The number of hydrogen-bond acceptors (Lipinski definition) is 6. The van der Waals surface area contributed by atoms with Crippen LogP contribution < -0.4 is 0 Å². The minimum Gasteiger partial charge on any atom is -0.436 e. The monoisotopic (exact) mass is 1040 g/mol. The van der Waals surface area contributed by atoms with Crippen LogP contribution in [0.25, 0.3) is 163 Å². The van der Waals surface area contributed by atoms with Crippen molar-refractivity contribution in [1.29, 1.82) is 0 Å². The van der Waals surface area contributed by atoms with Gasteiger partial charge in [0.2, 0.25) is 5.71 Å². The molecule has 12 aromatic carbocycles. The van der Waals surface area contributed by atoms with Crippen molar-refractivity contribution >= 4 is 140 Å². The molecule has 6 aromatic heterocycles. The molecule has 0 bridgehead atoms. The van der Waals surface area contributed by atoms with Gasteiger partial charge in [-0.3, -0.25) is 4.57 Å². The van der Waals surface area contributed by atoms with Crippen LogP contribution >= 0.6 is 11.3 Å². The summed E-state index contributed by atoms with van der Waals surface area (Å²) in [7, 11) is 0. The highest BCUT2D eigenvalue weighted by atomic mass is 32.1. The summed E-state index contributed by atoms with van der Waals surface area (Å²) in [4.78, 5) is 18.9. The van der Waals surface area contributed by atoms with Crippen molar-refractivity contribution in [2.75, 3.05) is 0 Å². The van der Waals surface area contributed by atoms with Crippen LogP contribution in [0.2, 0.25) is 0 Å². The second kappa shape index (κ2) is 17.5. The lowest BCUT2D eigenvalue weighted by Gasteiger charge is -2.13. The molecular weight excluding hydrogens is 997 g/mol. The molecule has 0 atom stereocenters. The highest BCUT2D eigenvalue weighted by Gasteiger charge is 2.22. The van der Waals surface area contributed by atoms with Crippen LogP contribution in [-0.2, 0) is 0 Å². The molecule has 6 heterocycles. The normalized spacial score (nSPS) is 12.0. The Morgan fingerprint density at radius 2 is 0.738 bits per heavy atom. The van der Waals surface area contributed by atoms with Crippen LogP contribution in [-0.4, -0.2) is 29.1 Å². The van der Waals surface area contributed by atoms with Crippen LogP contribution in [0.5, 0.6) is 0 Å². The standard InChI is InChI=1S/C36H21N3O.C36H21N3S/c2*1-2-12-27-25(10-1)26-11-3-4-13-28(26)31-19-23(16-17-29(27)31)22-8-7-9-24(18-22)39-32-15-6-5-14-30(32)34-35-33(40-36(34)39)20-37-21-38-35/h2*1-21H. The molecule has 0 amide bonds. The van der Waals surface area contributed by atoms with Gasteiger partial charge in [0.05, 0.1) is 32.8 Å². The van der Waals surface area contributed by atoms with Gasteiger partial charge in [-0.05, 0) is 135 Å². The van der Waals surface area contributed by atoms with E-state index in [4.69, 9.17) is 4.42 Å². The molecule has 0 aliphatic carbocycles. The van der Waals surface area contributed by atoms with Gasteiger partial charge >= 0.3 is 0 Å². The summed E-state index contributed by atoms with van der Waals surface area (Å²) in [5.41, 5.74) is 12.5. The molecule has 7 nitrogen and oxygen atoms in total. The summed E-state index contributed by atoms with van der Waals surface area (Å²) >= 11 is 1.75. The van der Waals surface area contributed by atoms with Crippen LogP contribution in [0, 0.1) is 0 Å². The number of furan rings is 1. The van der Waals surface area contributed by atoms with Crippen LogP contribution in [0.3, 0.4) is 0 Å². The third-order valence-electron chi connectivity index (χ3n) is 16.3. The fraction of sp³-hybridized carbons (Fsp3) is 0. The van der Waals surface area contributed by atoms with Crippen molar-refractivity contribution in [3.05, 3.63) is 256 Å². The predicted molar refractivity (Wildman–Crippen MR) is 334 cm³/mol. The van der Waals surface area contributed by atoms with Gasteiger partial charge in [0, 0.05) is 33.7 Å². The van der Waals surface area contributed by atoms with E-state index in [9.17, 15) is 0 Å². The molecule has 0 saturated heterocycles. The van der Waals surface area contributed by atoms with E-state index in [0.717, 1.165) is 54.7 Å². The zero-order valence-corrected chi connectivity index (χ0v) is 43.6. The number of rotatable bonds is 4. The average molecular weight is 1040 g/mol. The molecule has 0 spiro atoms. The summed E-state index contributed by atoms with van der Waals surface area (Å²) in [6.45, 7) is 0. The van der Waals surface area contributed by atoms with E-state index >= 15 is 0 Å². The SMILES string of the molecule is c1cc(-c2ccc3c4ccccc4c4ccccc4c3c2)cc(-n2c3ccccc3c3c4ncncc4oc32)c1.c1cc(-c2ccc3c4ccccc4c4ccccc4c3c2)cc(-n2c3ccccc3c3c4ncncc4sc32)c1. The number of para-hydroxylation sites is 2. The highest BCUT2D eigenvalue weighted by Crippen LogP contribution is 2.44. The first-order valence-corrected chi connectivity index (χ1v) is 27.6. The van der Waals surface area contributed by atoms with Gasteiger partial charge in [-0.25, -0.2) is 19.9 Å². The Bertz CT molecular complexity index is 5170. The Morgan fingerprint density at radius 3 is 1.27 bits per heavy atom. The molecule has 0 saturated carbocycles. The number of hydrogen-bond donors (Lipinski definition) is 0. The van der Waals surface area contributed by atoms with Gasteiger partial charge in [-0.2, -0.15) is 0 Å². The van der Waals surface area contributed by atoms with E-state index in [1.807, 2.05) is 6.20 Å². The topological polar surface area (TPSA) is 74.6 Å². The maximum absolute atomic E-state index is 6.35. The molecule has 0 N–H and O–H groups in total. The van der Waals surface area contributed by atoms with Crippen molar-refractivity contribution in [1.82, 2.24) is 29.1 Å². The van der Waals surface area contributed by atoms with Crippen LogP contribution in [0.15, 0.2) is 260 Å². The van der Waals surface area contributed by atoms with Gasteiger partial charge < -0.3 is 8.98 Å². The number of thiophene rings is 1. The van der Waals surface area contributed by atoms with Crippen molar-refractivity contribution in [2.45, 2.75) is 0 Å². The van der Waals surface area contributed by atoms with Crippen molar-refractivity contribution in [3.63, 3.8) is 0 Å². The summed E-state index contributed by atoms with van der Waals surface area (Å²) in [5, 5.41) is 20.0. The molecule has 0 aliphatic heterocycles. The Kier molecular flexibility index (Phi) is 9.75. The minimum atomic E-state index is 0.691. The van der Waals surface area contributed by atoms with E-state index < -0.39 is 0 Å². The molecule has 8 heteroatoms. The molecule has 0 unspecified atom stereocenters. The van der Waals surface area contributed by atoms with E-state index in [1.165, 1.54) is 102 Å². The molecule has 0 radical (unpaired) electrons. The van der Waals surface area contributed by atoms with Gasteiger partial charge in [0.1, 0.15) is 23.0 Å². The second-order valence-electron chi connectivity index (χ2n) is 20.5. The zero-order valence-electron chi connectivity index (χ0n) is 42.7. The molecule has 0 aliphatic rings. The Balaban J connectivity index is 0.000000128. The quantitative estimate of drug-likeness (QED) is 0.164. The third-order valence-corrected chi connectivity index (χ3v) is 17.4. The summed E-state index contributed by atoms with van der Waals surface area (Å²) in [6.07, 6.45) is 6.89. The fourth-order valence-electron chi connectivity index (χ4n) is 12.8.